The molecule has 0 saturated heterocycles. The molecule has 0 unspecified atom stereocenters. The van der Waals surface area contributed by atoms with E-state index in [1.807, 2.05) is 0 Å². The lowest BCUT2D eigenvalue weighted by atomic mass is 10.0. The van der Waals surface area contributed by atoms with Gasteiger partial charge in [-0.25, -0.2) is 9.18 Å². The van der Waals surface area contributed by atoms with E-state index in [1.54, 1.807) is 47.6 Å². The predicted octanol–water partition coefficient (Wildman–Crippen LogP) is 5.93. The average Bonchev–Trinajstić information content (AvgIpc) is 2.52. The summed E-state index contributed by atoms with van der Waals surface area (Å²) in [5.74, 6) is -0.354. The summed E-state index contributed by atoms with van der Waals surface area (Å²) in [7, 11) is 0. The van der Waals surface area contributed by atoms with Gasteiger partial charge in [-0.1, -0.05) is 18.2 Å². The van der Waals surface area contributed by atoms with E-state index in [1.165, 1.54) is 30.3 Å². The zero-order valence-electron chi connectivity index (χ0n) is 17.3. The van der Waals surface area contributed by atoms with Crippen molar-refractivity contribution >= 4 is 17.5 Å². The number of carbonyl (C=O) groups excluding carboxylic acids is 1. The Bertz CT molecular complexity index is 930. The van der Waals surface area contributed by atoms with Crippen LogP contribution in [0.5, 0.6) is 5.75 Å². The van der Waals surface area contributed by atoms with Crippen LogP contribution in [-0.2, 0) is 4.74 Å². The van der Waals surface area contributed by atoms with Gasteiger partial charge in [-0.15, -0.1) is 0 Å². The van der Waals surface area contributed by atoms with Gasteiger partial charge in [-0.3, -0.25) is 15.4 Å². The molecule has 0 fully saturated rings. The number of hydrogen-bond donors (Lipinski definition) is 1. The Morgan fingerprint density at radius 1 is 1.03 bits per heavy atom. The molecule has 7 nitrogen and oxygen atoms in total. The zero-order valence-corrected chi connectivity index (χ0v) is 17.3. The van der Waals surface area contributed by atoms with E-state index in [0.717, 1.165) is 0 Å². The SMILES string of the molecule is CC(C)(C)OC(=O)Nc1cc(OC(C)(C)C)c(-c2ccccc2F)cc1[N+](=O)[O-]. The van der Waals surface area contributed by atoms with E-state index in [2.05, 4.69) is 5.32 Å². The van der Waals surface area contributed by atoms with Gasteiger partial charge >= 0.3 is 6.09 Å². The first-order chi connectivity index (χ1) is 13.3. The molecule has 0 radical (unpaired) electrons. The lowest BCUT2D eigenvalue weighted by molar-refractivity contribution is -0.383. The largest absolute Gasteiger partial charge is 0.487 e. The molecule has 8 heteroatoms. The standard InChI is InChI=1S/C21H25FN2O5/c1-20(2,3)28-18-12-16(23-19(25)29-21(4,5)6)17(24(26)27)11-14(18)13-9-7-8-10-15(13)22/h7-12H,1-6H3,(H,23,25). The van der Waals surface area contributed by atoms with Crippen LogP contribution in [0.15, 0.2) is 36.4 Å². The first-order valence-corrected chi connectivity index (χ1v) is 9.03. The maximum absolute atomic E-state index is 14.4. The third-order valence-corrected chi connectivity index (χ3v) is 3.51. The number of carbonyl (C=O) groups is 1. The fraction of sp³-hybridized carbons (Fsp3) is 0.381. The van der Waals surface area contributed by atoms with Gasteiger partial charge in [0.15, 0.2) is 0 Å². The highest BCUT2D eigenvalue weighted by Gasteiger charge is 2.26. The number of nitrogens with one attached hydrogen (secondary N) is 1. The summed E-state index contributed by atoms with van der Waals surface area (Å²) in [5, 5.41) is 14.0. The molecule has 0 spiro atoms. The summed E-state index contributed by atoms with van der Waals surface area (Å²) < 4.78 is 25.5. The first kappa shape index (κ1) is 22.1. The topological polar surface area (TPSA) is 90.7 Å². The number of ether oxygens (including phenoxy) is 2. The van der Waals surface area contributed by atoms with Crippen LogP contribution in [0.2, 0.25) is 0 Å². The molecule has 29 heavy (non-hydrogen) atoms. The van der Waals surface area contributed by atoms with Crippen LogP contribution in [0.1, 0.15) is 41.5 Å². The molecule has 156 valence electrons. The summed E-state index contributed by atoms with van der Waals surface area (Å²) in [6, 6.07) is 8.41. The summed E-state index contributed by atoms with van der Waals surface area (Å²) in [4.78, 5) is 23.1. The third kappa shape index (κ3) is 6.17. The van der Waals surface area contributed by atoms with Gasteiger partial charge in [-0.05, 0) is 47.6 Å². The Morgan fingerprint density at radius 3 is 2.17 bits per heavy atom. The maximum atomic E-state index is 14.4. The second-order valence-corrected chi connectivity index (χ2v) is 8.44. The van der Waals surface area contributed by atoms with E-state index in [4.69, 9.17) is 9.47 Å². The first-order valence-electron chi connectivity index (χ1n) is 9.03. The highest BCUT2D eigenvalue weighted by Crippen LogP contribution is 2.41. The van der Waals surface area contributed by atoms with E-state index in [-0.39, 0.29) is 22.6 Å². The number of amides is 1. The van der Waals surface area contributed by atoms with Crippen molar-refractivity contribution in [3.8, 4) is 16.9 Å². The second-order valence-electron chi connectivity index (χ2n) is 8.44. The van der Waals surface area contributed by atoms with Crippen LogP contribution in [-0.4, -0.2) is 22.2 Å². The molecule has 0 saturated carbocycles. The molecule has 0 aliphatic heterocycles. The Balaban J connectivity index is 2.63. The lowest BCUT2D eigenvalue weighted by Crippen LogP contribution is -2.27. The molecule has 0 atom stereocenters. The van der Waals surface area contributed by atoms with Gasteiger partial charge < -0.3 is 9.47 Å². The van der Waals surface area contributed by atoms with Crippen LogP contribution in [0.25, 0.3) is 11.1 Å². The summed E-state index contributed by atoms with van der Waals surface area (Å²) in [5.41, 5.74) is -1.60. The molecule has 2 rings (SSSR count). The Kier molecular flexibility index (Phi) is 6.15. The van der Waals surface area contributed by atoms with Gasteiger partial charge in [0.2, 0.25) is 0 Å². The van der Waals surface area contributed by atoms with E-state index >= 15 is 0 Å². The molecule has 1 N–H and O–H groups in total. The fourth-order valence-corrected chi connectivity index (χ4v) is 2.54. The highest BCUT2D eigenvalue weighted by molar-refractivity contribution is 5.91. The molecular weight excluding hydrogens is 379 g/mol. The van der Waals surface area contributed by atoms with E-state index in [0.29, 0.717) is 0 Å². The fourth-order valence-electron chi connectivity index (χ4n) is 2.54. The quantitative estimate of drug-likeness (QED) is 0.504. The number of halogens is 1. The smallest absolute Gasteiger partial charge is 0.412 e. The number of nitro groups is 1. The average molecular weight is 404 g/mol. The minimum atomic E-state index is -0.846. The summed E-state index contributed by atoms with van der Waals surface area (Å²) in [6.45, 7) is 10.4. The van der Waals surface area contributed by atoms with Crippen molar-refractivity contribution in [2.45, 2.75) is 52.7 Å². The molecule has 0 bridgehead atoms. The molecule has 0 aliphatic carbocycles. The molecular formula is C21H25FN2O5. The minimum absolute atomic E-state index is 0.108. The third-order valence-electron chi connectivity index (χ3n) is 3.51. The predicted molar refractivity (Wildman–Crippen MR) is 109 cm³/mol. The maximum Gasteiger partial charge on any atom is 0.412 e. The molecule has 1 amide bonds. The van der Waals surface area contributed by atoms with Gasteiger partial charge in [0.1, 0.15) is 28.5 Å². The molecule has 2 aromatic rings. The van der Waals surface area contributed by atoms with Crippen molar-refractivity contribution in [2.24, 2.45) is 0 Å². The normalized spacial score (nSPS) is 11.7. The highest BCUT2D eigenvalue weighted by atomic mass is 19.1. The van der Waals surface area contributed by atoms with E-state index in [9.17, 15) is 19.3 Å². The van der Waals surface area contributed by atoms with E-state index < -0.39 is 33.7 Å². The van der Waals surface area contributed by atoms with Crippen molar-refractivity contribution in [2.75, 3.05) is 5.32 Å². The van der Waals surface area contributed by atoms with Crippen molar-refractivity contribution in [1.29, 1.82) is 0 Å². The Morgan fingerprint density at radius 2 is 1.66 bits per heavy atom. The van der Waals surface area contributed by atoms with Crippen LogP contribution in [0.3, 0.4) is 0 Å². The van der Waals surface area contributed by atoms with Crippen LogP contribution in [0, 0.1) is 15.9 Å². The molecule has 0 aliphatic rings. The Hall–Kier alpha value is -3.16. The van der Waals surface area contributed by atoms with Crippen LogP contribution < -0.4 is 10.1 Å². The summed E-state index contributed by atoms with van der Waals surface area (Å²) >= 11 is 0. The summed E-state index contributed by atoms with van der Waals surface area (Å²) in [6.07, 6.45) is -0.846. The van der Waals surface area contributed by atoms with Gasteiger partial charge in [-0.2, -0.15) is 0 Å². The molecule has 0 heterocycles. The van der Waals surface area contributed by atoms with Crippen LogP contribution >= 0.6 is 0 Å². The molecule has 2 aromatic carbocycles. The van der Waals surface area contributed by atoms with Crippen molar-refractivity contribution in [3.05, 3.63) is 52.3 Å². The van der Waals surface area contributed by atoms with Crippen molar-refractivity contribution in [1.82, 2.24) is 0 Å². The number of rotatable bonds is 4. The number of benzene rings is 2. The number of anilines is 1. The van der Waals surface area contributed by atoms with Crippen molar-refractivity contribution < 1.29 is 23.6 Å². The second kappa shape index (κ2) is 8.06. The molecule has 0 aromatic heterocycles. The number of hydrogen-bond acceptors (Lipinski definition) is 5. The van der Waals surface area contributed by atoms with Crippen LogP contribution in [0.4, 0.5) is 20.6 Å². The lowest BCUT2D eigenvalue weighted by Gasteiger charge is -2.24. The monoisotopic (exact) mass is 404 g/mol. The number of nitro benzene ring substituents is 1. The zero-order chi connectivity index (χ0) is 22.0. The Labute approximate surface area is 169 Å². The minimum Gasteiger partial charge on any atom is -0.487 e. The van der Waals surface area contributed by atoms with Gasteiger partial charge in [0, 0.05) is 23.3 Å². The van der Waals surface area contributed by atoms with Gasteiger partial charge in [0.05, 0.1) is 4.92 Å². The van der Waals surface area contributed by atoms with Gasteiger partial charge in [0.25, 0.3) is 5.69 Å². The number of nitrogens with zero attached hydrogens (tertiary/aromatic N) is 1. The van der Waals surface area contributed by atoms with Crippen molar-refractivity contribution in [3.63, 3.8) is 0 Å².